The monoisotopic (exact) mass is 484 g/mol. The van der Waals surface area contributed by atoms with Gasteiger partial charge in [0, 0.05) is 29.7 Å². The highest BCUT2D eigenvalue weighted by molar-refractivity contribution is 14.1. The Hall–Kier alpha value is -1.45. The van der Waals surface area contributed by atoms with E-state index >= 15 is 0 Å². The second-order valence-corrected chi connectivity index (χ2v) is 9.51. The first-order chi connectivity index (χ1) is 12.3. The molecule has 1 fully saturated rings. The first-order valence-corrected chi connectivity index (χ1v) is 10.9. The predicted molar refractivity (Wildman–Crippen MR) is 110 cm³/mol. The summed E-state index contributed by atoms with van der Waals surface area (Å²) in [5.41, 5.74) is 2.45. The van der Waals surface area contributed by atoms with Crippen molar-refractivity contribution in [1.82, 2.24) is 9.21 Å². The third-order valence-electron chi connectivity index (χ3n) is 4.58. The molecule has 1 amide bonds. The molecular weight excluding hydrogens is 463 g/mol. The van der Waals surface area contributed by atoms with Crippen molar-refractivity contribution in [2.45, 2.75) is 18.7 Å². The molecule has 0 bridgehead atoms. The lowest BCUT2D eigenvalue weighted by molar-refractivity contribution is 0.0697. The lowest BCUT2D eigenvalue weighted by atomic mass is 10.2. The Bertz CT molecular complexity index is 936. The molecule has 0 saturated carbocycles. The Morgan fingerprint density at radius 1 is 1.00 bits per heavy atom. The van der Waals surface area contributed by atoms with Crippen molar-refractivity contribution in [3.8, 4) is 0 Å². The van der Waals surface area contributed by atoms with Crippen LogP contribution in [0.4, 0.5) is 0 Å². The van der Waals surface area contributed by atoms with Crippen molar-refractivity contribution in [2.75, 3.05) is 26.2 Å². The van der Waals surface area contributed by atoms with Crippen molar-refractivity contribution in [1.29, 1.82) is 0 Å². The van der Waals surface area contributed by atoms with Crippen LogP contribution in [0.5, 0.6) is 0 Å². The number of aryl methyl sites for hydroxylation is 2. The van der Waals surface area contributed by atoms with Gasteiger partial charge in [-0.2, -0.15) is 4.31 Å². The van der Waals surface area contributed by atoms with E-state index in [0.29, 0.717) is 36.6 Å². The zero-order valence-electron chi connectivity index (χ0n) is 14.8. The minimum atomic E-state index is -3.54. The maximum absolute atomic E-state index is 12.9. The SMILES string of the molecule is Cc1ccc(S(=O)(=O)N2CCN(C(=O)c3ccccc3I)CC2)c(C)c1. The van der Waals surface area contributed by atoms with Gasteiger partial charge in [-0.3, -0.25) is 4.79 Å². The molecule has 0 aliphatic carbocycles. The number of nitrogens with zero attached hydrogens (tertiary/aromatic N) is 2. The van der Waals surface area contributed by atoms with E-state index in [4.69, 9.17) is 0 Å². The van der Waals surface area contributed by atoms with E-state index in [9.17, 15) is 13.2 Å². The van der Waals surface area contributed by atoms with E-state index in [2.05, 4.69) is 22.6 Å². The van der Waals surface area contributed by atoms with Gasteiger partial charge >= 0.3 is 0 Å². The van der Waals surface area contributed by atoms with Gasteiger partial charge in [-0.05, 0) is 60.2 Å². The van der Waals surface area contributed by atoms with Crippen LogP contribution in [-0.2, 0) is 10.0 Å². The third kappa shape index (κ3) is 3.79. The molecule has 1 heterocycles. The summed E-state index contributed by atoms with van der Waals surface area (Å²) < 4.78 is 28.3. The number of halogens is 1. The molecule has 1 saturated heterocycles. The standard InChI is InChI=1S/C19H21IN2O3S/c1-14-7-8-18(15(2)13-14)26(24,25)22-11-9-21(10-12-22)19(23)16-5-3-4-6-17(16)20/h3-8,13H,9-12H2,1-2H3. The Labute approximate surface area is 168 Å². The smallest absolute Gasteiger partial charge is 0.255 e. The Morgan fingerprint density at radius 3 is 2.27 bits per heavy atom. The highest BCUT2D eigenvalue weighted by Gasteiger charge is 2.31. The van der Waals surface area contributed by atoms with Crippen LogP contribution in [-0.4, -0.2) is 49.7 Å². The summed E-state index contributed by atoms with van der Waals surface area (Å²) >= 11 is 2.15. The lowest BCUT2D eigenvalue weighted by Crippen LogP contribution is -2.50. The van der Waals surface area contributed by atoms with Crippen LogP contribution >= 0.6 is 22.6 Å². The van der Waals surface area contributed by atoms with E-state index in [1.165, 1.54) is 4.31 Å². The van der Waals surface area contributed by atoms with Crippen molar-refractivity contribution in [3.05, 3.63) is 62.7 Å². The van der Waals surface area contributed by atoms with Gasteiger partial charge in [0.05, 0.1) is 10.5 Å². The van der Waals surface area contributed by atoms with Crippen LogP contribution in [0.2, 0.25) is 0 Å². The zero-order chi connectivity index (χ0) is 18.9. The molecule has 0 aromatic heterocycles. The van der Waals surface area contributed by atoms with Crippen LogP contribution < -0.4 is 0 Å². The van der Waals surface area contributed by atoms with E-state index < -0.39 is 10.0 Å². The number of piperazine rings is 1. The number of carbonyl (C=O) groups excluding carboxylic acids is 1. The van der Waals surface area contributed by atoms with Gasteiger partial charge in [0.1, 0.15) is 0 Å². The maximum Gasteiger partial charge on any atom is 0.255 e. The molecule has 3 rings (SSSR count). The fourth-order valence-electron chi connectivity index (χ4n) is 3.16. The number of carbonyl (C=O) groups is 1. The fourth-order valence-corrected chi connectivity index (χ4v) is 5.41. The normalized spacial score (nSPS) is 15.9. The molecule has 2 aromatic carbocycles. The van der Waals surface area contributed by atoms with Crippen LogP contribution in [0, 0.1) is 17.4 Å². The second kappa shape index (κ2) is 7.66. The van der Waals surface area contributed by atoms with Gasteiger partial charge in [0.25, 0.3) is 5.91 Å². The van der Waals surface area contributed by atoms with Gasteiger partial charge in [-0.25, -0.2) is 8.42 Å². The number of hydrogen-bond acceptors (Lipinski definition) is 3. The molecule has 5 nitrogen and oxygen atoms in total. The van der Waals surface area contributed by atoms with E-state index in [1.54, 1.807) is 11.0 Å². The van der Waals surface area contributed by atoms with Crippen molar-refractivity contribution >= 4 is 38.5 Å². The number of hydrogen-bond donors (Lipinski definition) is 0. The molecule has 1 aliphatic heterocycles. The summed E-state index contributed by atoms with van der Waals surface area (Å²) in [6, 6.07) is 12.8. The average Bonchev–Trinajstić information content (AvgIpc) is 2.61. The summed E-state index contributed by atoms with van der Waals surface area (Å²) in [5.74, 6) is -0.0430. The largest absolute Gasteiger partial charge is 0.336 e. The van der Waals surface area contributed by atoms with Gasteiger partial charge < -0.3 is 4.90 Å². The average molecular weight is 484 g/mol. The topological polar surface area (TPSA) is 57.7 Å². The van der Waals surface area contributed by atoms with Crippen molar-refractivity contribution in [2.24, 2.45) is 0 Å². The van der Waals surface area contributed by atoms with Crippen LogP contribution in [0.3, 0.4) is 0 Å². The third-order valence-corrected chi connectivity index (χ3v) is 7.58. The molecule has 0 spiro atoms. The number of sulfonamides is 1. The van der Waals surface area contributed by atoms with Crippen LogP contribution in [0.1, 0.15) is 21.5 Å². The molecule has 0 unspecified atom stereocenters. The van der Waals surface area contributed by atoms with Gasteiger partial charge in [-0.1, -0.05) is 29.8 Å². The van der Waals surface area contributed by atoms with Gasteiger partial charge in [0.15, 0.2) is 0 Å². The second-order valence-electron chi connectivity index (χ2n) is 6.45. The predicted octanol–water partition coefficient (Wildman–Crippen LogP) is 3.05. The molecule has 7 heteroatoms. The summed E-state index contributed by atoms with van der Waals surface area (Å²) in [6.07, 6.45) is 0. The maximum atomic E-state index is 12.9. The lowest BCUT2D eigenvalue weighted by Gasteiger charge is -2.34. The summed E-state index contributed by atoms with van der Waals surface area (Å²) in [4.78, 5) is 14.8. The van der Waals surface area contributed by atoms with Crippen molar-refractivity contribution < 1.29 is 13.2 Å². The molecule has 0 atom stereocenters. The van der Waals surface area contributed by atoms with Gasteiger partial charge in [0.2, 0.25) is 10.0 Å². The fraction of sp³-hybridized carbons (Fsp3) is 0.316. The molecular formula is C19H21IN2O3S. The molecule has 1 aliphatic rings. The molecule has 0 radical (unpaired) electrons. The molecule has 0 N–H and O–H groups in total. The number of amides is 1. The Kier molecular flexibility index (Phi) is 5.69. The Morgan fingerprint density at radius 2 is 1.65 bits per heavy atom. The quantitative estimate of drug-likeness (QED) is 0.630. The number of rotatable bonds is 3. The van der Waals surface area contributed by atoms with E-state index in [0.717, 1.165) is 14.7 Å². The minimum Gasteiger partial charge on any atom is -0.336 e. The molecule has 138 valence electrons. The zero-order valence-corrected chi connectivity index (χ0v) is 17.7. The molecule has 26 heavy (non-hydrogen) atoms. The summed E-state index contributed by atoms with van der Waals surface area (Å²) in [7, 11) is -3.54. The first-order valence-electron chi connectivity index (χ1n) is 8.42. The minimum absolute atomic E-state index is 0.0430. The van der Waals surface area contributed by atoms with E-state index in [1.807, 2.05) is 50.2 Å². The van der Waals surface area contributed by atoms with Crippen LogP contribution in [0.25, 0.3) is 0 Å². The number of benzene rings is 2. The van der Waals surface area contributed by atoms with Crippen molar-refractivity contribution in [3.63, 3.8) is 0 Å². The molecule has 2 aromatic rings. The Balaban J connectivity index is 1.74. The van der Waals surface area contributed by atoms with E-state index in [-0.39, 0.29) is 5.91 Å². The summed E-state index contributed by atoms with van der Waals surface area (Å²) in [6.45, 7) is 5.17. The highest BCUT2D eigenvalue weighted by Crippen LogP contribution is 2.23. The highest BCUT2D eigenvalue weighted by atomic mass is 127. The first kappa shape index (κ1) is 19.3. The van der Waals surface area contributed by atoms with Gasteiger partial charge in [-0.15, -0.1) is 0 Å². The summed E-state index contributed by atoms with van der Waals surface area (Å²) in [5, 5.41) is 0. The van der Waals surface area contributed by atoms with Crippen LogP contribution in [0.15, 0.2) is 47.4 Å².